The van der Waals surface area contributed by atoms with Gasteiger partial charge >= 0.3 is 0 Å². The molecule has 2 aromatic carbocycles. The molecular weight excluding hydrogens is 941 g/mol. The van der Waals surface area contributed by atoms with E-state index in [1.807, 2.05) is 36.3 Å². The molecule has 0 spiro atoms. The van der Waals surface area contributed by atoms with Gasteiger partial charge in [0, 0.05) is 79.1 Å². The highest BCUT2D eigenvalue weighted by Crippen LogP contribution is 2.51. The molecule has 3 aliphatic heterocycles. The second-order valence-corrected chi connectivity index (χ2v) is 22.9. The third kappa shape index (κ3) is 13.0. The Morgan fingerprint density at radius 2 is 1.30 bits per heavy atom. The van der Waals surface area contributed by atoms with Gasteiger partial charge in [-0.1, -0.05) is 31.1 Å². The molecule has 0 saturated heterocycles. The first-order valence-electron chi connectivity index (χ1n) is 21.1. The van der Waals surface area contributed by atoms with Crippen molar-refractivity contribution in [3.8, 4) is 0 Å². The van der Waals surface area contributed by atoms with Crippen molar-refractivity contribution in [1.82, 2.24) is 10.2 Å². The summed E-state index contributed by atoms with van der Waals surface area (Å²) in [5.41, 5.74) is 1.87. The Bertz CT molecular complexity index is 2850. The van der Waals surface area contributed by atoms with Gasteiger partial charge in [-0.2, -0.15) is 38.2 Å². The van der Waals surface area contributed by atoms with Crippen molar-refractivity contribution in [3.63, 3.8) is 0 Å². The average Bonchev–Trinajstić information content (AvgIpc) is 3.73. The zero-order valence-corrected chi connectivity index (χ0v) is 39.9. The van der Waals surface area contributed by atoms with Crippen LogP contribution in [0, 0.1) is 0 Å². The van der Waals surface area contributed by atoms with Crippen molar-refractivity contribution in [3.05, 3.63) is 95.8 Å². The maximum atomic E-state index is 12.6. The van der Waals surface area contributed by atoms with E-state index in [1.54, 1.807) is 30.4 Å². The van der Waals surface area contributed by atoms with Crippen LogP contribution < -0.4 is 10.2 Å². The maximum Gasteiger partial charge on any atom is 0.294 e. The third-order valence-corrected chi connectivity index (χ3v) is 15.2. The first kappa shape index (κ1) is 52.1. The lowest BCUT2D eigenvalue weighted by Gasteiger charge is -2.30. The molecule has 360 valence electrons. The SMILES string of the molecule is CC1(C)C(C=CC=CC=C2N(CCCCCC(=O)NCCN3C(=O)C=CC3=O)c3ccc(S(=O)(=O)O)cc3C2(C)CCCCS(=O)(=O)O)=[N+](CCCS(=O)(=O)O)c2ccc(S(=O)(=O)O)cc21. The number of amides is 3. The molecule has 5 N–H and O–H groups in total. The van der Waals surface area contributed by atoms with Crippen LogP contribution in [0.5, 0.6) is 0 Å². The molecule has 0 aromatic heterocycles. The van der Waals surface area contributed by atoms with Crippen molar-refractivity contribution in [1.29, 1.82) is 0 Å². The topological polar surface area (TPSA) is 290 Å². The summed E-state index contributed by atoms with van der Waals surface area (Å²) < 4.78 is 136. The molecule has 23 heteroatoms. The predicted molar refractivity (Wildman–Crippen MR) is 245 cm³/mol. The van der Waals surface area contributed by atoms with E-state index < -0.39 is 74.6 Å². The first-order chi connectivity index (χ1) is 30.6. The smallest absolute Gasteiger partial charge is 0.294 e. The van der Waals surface area contributed by atoms with E-state index in [1.165, 1.54) is 42.5 Å². The van der Waals surface area contributed by atoms with E-state index in [4.69, 9.17) is 0 Å². The van der Waals surface area contributed by atoms with E-state index in [9.17, 15) is 66.3 Å². The number of carbonyl (C=O) groups excluding carboxylic acids is 3. The summed E-state index contributed by atoms with van der Waals surface area (Å²) in [5.74, 6) is -2.15. The highest BCUT2D eigenvalue weighted by atomic mass is 32.2. The summed E-state index contributed by atoms with van der Waals surface area (Å²) in [6.07, 6.45) is 13.7. The van der Waals surface area contributed by atoms with Crippen molar-refractivity contribution < 1.29 is 70.8 Å². The van der Waals surface area contributed by atoms with Crippen molar-refractivity contribution in [2.45, 2.75) is 92.8 Å². The average molecular weight is 996 g/mol. The second kappa shape index (κ2) is 20.6. The van der Waals surface area contributed by atoms with Crippen LogP contribution in [0.2, 0.25) is 0 Å². The van der Waals surface area contributed by atoms with Crippen molar-refractivity contribution in [2.75, 3.05) is 42.6 Å². The zero-order chi connectivity index (χ0) is 48.9. The molecule has 0 radical (unpaired) electrons. The van der Waals surface area contributed by atoms with Crippen LogP contribution >= 0.6 is 0 Å². The number of unbranched alkanes of at least 4 members (excludes halogenated alkanes) is 3. The van der Waals surface area contributed by atoms with Crippen molar-refractivity contribution >= 4 is 75.3 Å². The normalized spacial score (nSPS) is 19.3. The minimum absolute atomic E-state index is 0.0304. The summed E-state index contributed by atoms with van der Waals surface area (Å²) in [6.45, 7) is 6.22. The summed E-state index contributed by atoms with van der Waals surface area (Å²) >= 11 is 0. The molecule has 0 aliphatic carbocycles. The van der Waals surface area contributed by atoms with Crippen LogP contribution in [0.3, 0.4) is 0 Å². The number of nitrogens with zero attached hydrogens (tertiary/aromatic N) is 3. The van der Waals surface area contributed by atoms with Crippen LogP contribution in [0.1, 0.15) is 83.3 Å². The number of nitrogens with one attached hydrogen (secondary N) is 1. The number of hydrogen-bond donors (Lipinski definition) is 5. The van der Waals surface area contributed by atoms with Gasteiger partial charge in [0.15, 0.2) is 5.71 Å². The van der Waals surface area contributed by atoms with Crippen LogP contribution in [-0.4, -0.2) is 122 Å². The predicted octanol–water partition coefficient (Wildman–Crippen LogP) is 4.27. The number of hydrogen-bond acceptors (Lipinski definition) is 12. The summed E-state index contributed by atoms with van der Waals surface area (Å²) in [6, 6.07) is 8.36. The number of rotatable bonds is 23. The lowest BCUT2D eigenvalue weighted by molar-refractivity contribution is -0.437. The fraction of sp³-hybridized carbons (Fsp3) is 0.442. The van der Waals surface area contributed by atoms with Gasteiger partial charge in [0.2, 0.25) is 11.6 Å². The fourth-order valence-corrected chi connectivity index (χ4v) is 10.6. The van der Waals surface area contributed by atoms with Gasteiger partial charge in [0.1, 0.15) is 6.54 Å². The molecular formula is C43H55N4O15S4+. The van der Waals surface area contributed by atoms with Gasteiger partial charge in [-0.25, -0.2) is 0 Å². The highest BCUT2D eigenvalue weighted by Gasteiger charge is 2.46. The Kier molecular flexibility index (Phi) is 16.2. The molecule has 5 rings (SSSR count). The minimum atomic E-state index is -4.63. The molecule has 19 nitrogen and oxygen atoms in total. The highest BCUT2D eigenvalue weighted by molar-refractivity contribution is 7.86. The third-order valence-electron chi connectivity index (χ3n) is 11.9. The van der Waals surface area contributed by atoms with Crippen LogP contribution in [0.15, 0.2) is 94.4 Å². The van der Waals surface area contributed by atoms with Gasteiger partial charge < -0.3 is 10.2 Å². The number of benzene rings is 2. The largest absolute Gasteiger partial charge is 0.354 e. The van der Waals surface area contributed by atoms with E-state index in [0.717, 1.165) is 4.90 Å². The number of allylic oxidation sites excluding steroid dienone is 6. The number of imide groups is 1. The Hall–Kier alpha value is -4.88. The van der Waals surface area contributed by atoms with E-state index in [2.05, 4.69) is 5.32 Å². The summed E-state index contributed by atoms with van der Waals surface area (Å²) in [4.78, 5) is 38.5. The maximum absolute atomic E-state index is 12.6. The molecule has 0 bridgehead atoms. The molecule has 3 aliphatic rings. The monoisotopic (exact) mass is 995 g/mol. The van der Waals surface area contributed by atoms with Gasteiger partial charge in [-0.15, -0.1) is 0 Å². The number of anilines is 1. The van der Waals surface area contributed by atoms with Gasteiger partial charge in [0.25, 0.3) is 52.3 Å². The summed E-state index contributed by atoms with van der Waals surface area (Å²) in [7, 11) is -17.7. The summed E-state index contributed by atoms with van der Waals surface area (Å²) in [5, 5.41) is 2.71. The lowest BCUT2D eigenvalue weighted by Crippen LogP contribution is -2.38. The molecule has 66 heavy (non-hydrogen) atoms. The van der Waals surface area contributed by atoms with Crippen molar-refractivity contribution in [2.24, 2.45) is 0 Å². The van der Waals surface area contributed by atoms with E-state index >= 15 is 0 Å². The quantitative estimate of drug-likeness (QED) is 0.0342. The Labute approximate surface area is 385 Å². The molecule has 2 aromatic rings. The Morgan fingerprint density at radius 1 is 0.697 bits per heavy atom. The molecule has 0 fully saturated rings. The molecule has 1 unspecified atom stereocenters. The van der Waals surface area contributed by atoms with Crippen LogP contribution in [0.4, 0.5) is 11.4 Å². The van der Waals surface area contributed by atoms with E-state index in [-0.39, 0.29) is 54.6 Å². The molecule has 3 amide bonds. The fourth-order valence-electron chi connectivity index (χ4n) is 8.56. The number of fused-ring (bicyclic) bond motifs is 2. The minimum Gasteiger partial charge on any atom is -0.354 e. The van der Waals surface area contributed by atoms with Crippen LogP contribution in [0.25, 0.3) is 0 Å². The molecule has 3 heterocycles. The standard InChI is InChI=1S/C43H54N4O15S4/c1-42(2)33-29-31(65(57,58)59)16-18-35(33)45(25-12-28-64(54,55)56)37(42)13-6-4-7-14-38-43(3,22-9-11-27-63(51,52)53)34-30-32(66(60,61)62)17-19-36(34)46(38)24-10-5-8-15-39(48)44-23-26-47-40(49)20-21-41(47)50/h4,6-7,13-14,16-21,29-30H,5,8-12,15,22-28H2,1-3H3,(H4-,44,48,51,52,53,54,55,56,57,58,59,60,61,62)/p+1. The lowest BCUT2D eigenvalue weighted by atomic mass is 9.77. The molecule has 0 saturated carbocycles. The van der Waals surface area contributed by atoms with Gasteiger partial charge in [-0.3, -0.25) is 37.5 Å². The van der Waals surface area contributed by atoms with Gasteiger partial charge in [0.05, 0.1) is 26.7 Å². The Morgan fingerprint density at radius 3 is 1.92 bits per heavy atom. The van der Waals surface area contributed by atoms with E-state index in [0.29, 0.717) is 72.6 Å². The van der Waals surface area contributed by atoms with Crippen LogP contribution in [-0.2, 0) is 65.7 Å². The molecule has 1 atom stereocenters. The second-order valence-electron chi connectivity index (χ2n) is 17.0. The number of carbonyl (C=O) groups is 3. The van der Waals surface area contributed by atoms with Gasteiger partial charge in [-0.05, 0) is 88.4 Å². The Balaban J connectivity index is 1.43. The first-order valence-corrected chi connectivity index (χ1v) is 27.2. The zero-order valence-electron chi connectivity index (χ0n) is 36.7.